The van der Waals surface area contributed by atoms with Gasteiger partial charge in [0.05, 0.1) is 23.9 Å². The number of hydrogen-bond donors (Lipinski definition) is 1. The summed E-state index contributed by atoms with van der Waals surface area (Å²) in [5.74, 6) is 1.36. The van der Waals surface area contributed by atoms with Gasteiger partial charge >= 0.3 is 0 Å². The van der Waals surface area contributed by atoms with E-state index in [4.69, 9.17) is 4.74 Å². The molecule has 0 spiro atoms. The van der Waals surface area contributed by atoms with Crippen LogP contribution in [0.5, 0.6) is 5.88 Å². The molecule has 2 aromatic heterocycles. The second kappa shape index (κ2) is 5.13. The van der Waals surface area contributed by atoms with Crippen LogP contribution < -0.4 is 10.1 Å². The number of nitrogens with one attached hydrogen (secondary N) is 1. The highest BCUT2D eigenvalue weighted by Crippen LogP contribution is 2.34. The highest BCUT2D eigenvalue weighted by Gasteiger charge is 2.24. The molecule has 0 radical (unpaired) electrons. The molecule has 1 unspecified atom stereocenters. The van der Waals surface area contributed by atoms with Gasteiger partial charge < -0.3 is 10.1 Å². The third-order valence-electron chi connectivity index (χ3n) is 3.23. The molecule has 0 saturated carbocycles. The van der Waals surface area contributed by atoms with E-state index in [9.17, 15) is 0 Å². The Morgan fingerprint density at radius 2 is 2.32 bits per heavy atom. The Balaban J connectivity index is 1.83. The summed E-state index contributed by atoms with van der Waals surface area (Å²) in [4.78, 5) is 14.3. The SMILES string of the molecule is COc1cc(NC2CCCc3sc(C)nc32)ncn1. The fraction of sp³-hybridized carbons (Fsp3) is 0.462. The summed E-state index contributed by atoms with van der Waals surface area (Å²) < 4.78 is 5.11. The van der Waals surface area contributed by atoms with Crippen molar-refractivity contribution in [3.8, 4) is 5.88 Å². The summed E-state index contributed by atoms with van der Waals surface area (Å²) in [6.07, 6.45) is 4.93. The van der Waals surface area contributed by atoms with E-state index in [-0.39, 0.29) is 6.04 Å². The normalized spacial score (nSPS) is 17.9. The smallest absolute Gasteiger partial charge is 0.218 e. The van der Waals surface area contributed by atoms with Crippen LogP contribution in [0, 0.1) is 6.92 Å². The first-order valence-electron chi connectivity index (χ1n) is 6.35. The molecular weight excluding hydrogens is 260 g/mol. The van der Waals surface area contributed by atoms with Gasteiger partial charge in [0.15, 0.2) is 0 Å². The number of fused-ring (bicyclic) bond motifs is 1. The molecule has 1 N–H and O–H groups in total. The maximum absolute atomic E-state index is 5.11. The number of aromatic nitrogens is 3. The lowest BCUT2D eigenvalue weighted by Crippen LogP contribution is -2.17. The van der Waals surface area contributed by atoms with Crippen LogP contribution in [0.2, 0.25) is 0 Å². The highest BCUT2D eigenvalue weighted by atomic mass is 32.1. The zero-order valence-electron chi connectivity index (χ0n) is 11.0. The first-order valence-corrected chi connectivity index (χ1v) is 7.16. The van der Waals surface area contributed by atoms with Crippen LogP contribution in [-0.2, 0) is 6.42 Å². The predicted octanol–water partition coefficient (Wildman–Crippen LogP) is 2.74. The minimum atomic E-state index is 0.244. The molecule has 6 heteroatoms. The minimum Gasteiger partial charge on any atom is -0.481 e. The van der Waals surface area contributed by atoms with Gasteiger partial charge in [-0.1, -0.05) is 0 Å². The molecule has 0 aromatic carbocycles. The predicted molar refractivity (Wildman–Crippen MR) is 74.7 cm³/mol. The minimum absolute atomic E-state index is 0.244. The number of thiazole rings is 1. The van der Waals surface area contributed by atoms with E-state index < -0.39 is 0 Å². The summed E-state index contributed by atoms with van der Waals surface area (Å²) in [5.41, 5.74) is 1.19. The molecule has 2 aromatic rings. The maximum atomic E-state index is 5.11. The van der Waals surface area contributed by atoms with Crippen LogP contribution in [0.1, 0.15) is 34.5 Å². The van der Waals surface area contributed by atoms with E-state index in [0.717, 1.165) is 23.7 Å². The number of aryl methyl sites for hydroxylation is 2. The van der Waals surface area contributed by atoms with E-state index in [2.05, 4.69) is 27.2 Å². The van der Waals surface area contributed by atoms with Gasteiger partial charge in [0, 0.05) is 10.9 Å². The largest absolute Gasteiger partial charge is 0.481 e. The van der Waals surface area contributed by atoms with Crippen LogP contribution in [-0.4, -0.2) is 22.1 Å². The van der Waals surface area contributed by atoms with Crippen molar-refractivity contribution in [1.82, 2.24) is 15.0 Å². The second-order valence-corrected chi connectivity index (χ2v) is 5.86. The van der Waals surface area contributed by atoms with Crippen LogP contribution in [0.15, 0.2) is 12.4 Å². The van der Waals surface area contributed by atoms with Crippen molar-refractivity contribution in [2.24, 2.45) is 0 Å². The number of nitrogens with zero attached hydrogens (tertiary/aromatic N) is 3. The molecule has 0 bridgehead atoms. The van der Waals surface area contributed by atoms with E-state index in [0.29, 0.717) is 5.88 Å². The van der Waals surface area contributed by atoms with Gasteiger partial charge in [-0.25, -0.2) is 15.0 Å². The van der Waals surface area contributed by atoms with Crippen molar-refractivity contribution in [1.29, 1.82) is 0 Å². The summed E-state index contributed by atoms with van der Waals surface area (Å²) in [5, 5.41) is 4.58. The molecule has 0 saturated heterocycles. The van der Waals surface area contributed by atoms with Crippen LogP contribution >= 0.6 is 11.3 Å². The maximum Gasteiger partial charge on any atom is 0.218 e. The lowest BCUT2D eigenvalue weighted by molar-refractivity contribution is 0.397. The molecule has 19 heavy (non-hydrogen) atoms. The summed E-state index contributed by atoms with van der Waals surface area (Å²) in [6.45, 7) is 2.06. The Morgan fingerprint density at radius 3 is 3.16 bits per heavy atom. The number of ether oxygens (including phenoxy) is 1. The van der Waals surface area contributed by atoms with Crippen molar-refractivity contribution < 1.29 is 4.74 Å². The number of hydrogen-bond acceptors (Lipinski definition) is 6. The van der Waals surface area contributed by atoms with Crippen molar-refractivity contribution in [2.45, 2.75) is 32.2 Å². The Bertz CT molecular complexity index is 584. The Morgan fingerprint density at radius 1 is 1.42 bits per heavy atom. The van der Waals surface area contributed by atoms with Crippen LogP contribution in [0.4, 0.5) is 5.82 Å². The van der Waals surface area contributed by atoms with E-state index >= 15 is 0 Å². The molecule has 0 fully saturated rings. The van der Waals surface area contributed by atoms with Gasteiger partial charge in [-0.2, -0.15) is 0 Å². The zero-order valence-corrected chi connectivity index (χ0v) is 11.8. The molecule has 3 rings (SSSR count). The lowest BCUT2D eigenvalue weighted by Gasteiger charge is -2.22. The zero-order chi connectivity index (χ0) is 13.2. The van der Waals surface area contributed by atoms with Gasteiger partial charge in [-0.15, -0.1) is 11.3 Å². The Kier molecular flexibility index (Phi) is 3.33. The molecule has 5 nitrogen and oxygen atoms in total. The van der Waals surface area contributed by atoms with E-state index in [1.54, 1.807) is 18.4 Å². The number of methoxy groups -OCH3 is 1. The average Bonchev–Trinajstić information content (AvgIpc) is 2.80. The van der Waals surface area contributed by atoms with Gasteiger partial charge in [-0.05, 0) is 26.2 Å². The number of rotatable bonds is 3. The molecule has 2 heterocycles. The Labute approximate surface area is 116 Å². The van der Waals surface area contributed by atoms with Gasteiger partial charge in [0.1, 0.15) is 12.1 Å². The van der Waals surface area contributed by atoms with Gasteiger partial charge in [-0.3, -0.25) is 0 Å². The van der Waals surface area contributed by atoms with Crippen molar-refractivity contribution in [3.05, 3.63) is 28.0 Å². The summed E-state index contributed by atoms with van der Waals surface area (Å²) in [7, 11) is 1.61. The summed E-state index contributed by atoms with van der Waals surface area (Å²) in [6, 6.07) is 2.06. The van der Waals surface area contributed by atoms with Gasteiger partial charge in [0.25, 0.3) is 0 Å². The monoisotopic (exact) mass is 276 g/mol. The first-order chi connectivity index (χ1) is 9.26. The van der Waals surface area contributed by atoms with Crippen molar-refractivity contribution >= 4 is 17.2 Å². The summed E-state index contributed by atoms with van der Waals surface area (Å²) >= 11 is 1.80. The molecule has 1 atom stereocenters. The van der Waals surface area contributed by atoms with Crippen LogP contribution in [0.3, 0.4) is 0 Å². The third kappa shape index (κ3) is 2.53. The van der Waals surface area contributed by atoms with E-state index in [1.165, 1.54) is 23.3 Å². The fourth-order valence-corrected chi connectivity index (χ4v) is 3.43. The van der Waals surface area contributed by atoms with E-state index in [1.807, 2.05) is 6.07 Å². The second-order valence-electron chi connectivity index (χ2n) is 4.58. The standard InChI is InChI=1S/C13H16N4OS/c1-8-16-13-9(4-3-5-10(13)19-8)17-11-6-12(18-2)15-7-14-11/h6-7,9H,3-5H2,1-2H3,(H,14,15,17). The van der Waals surface area contributed by atoms with Gasteiger partial charge in [0.2, 0.25) is 5.88 Å². The topological polar surface area (TPSA) is 59.9 Å². The molecule has 1 aliphatic carbocycles. The molecule has 0 aliphatic heterocycles. The highest BCUT2D eigenvalue weighted by molar-refractivity contribution is 7.11. The first kappa shape index (κ1) is 12.3. The average molecular weight is 276 g/mol. The van der Waals surface area contributed by atoms with Crippen LogP contribution in [0.25, 0.3) is 0 Å². The molecule has 100 valence electrons. The lowest BCUT2D eigenvalue weighted by atomic mass is 9.97. The number of anilines is 1. The fourth-order valence-electron chi connectivity index (χ4n) is 2.39. The van der Waals surface area contributed by atoms with Crippen molar-refractivity contribution in [2.75, 3.05) is 12.4 Å². The quantitative estimate of drug-likeness (QED) is 0.934. The third-order valence-corrected chi connectivity index (χ3v) is 4.28. The molecule has 0 amide bonds. The van der Waals surface area contributed by atoms with Crippen molar-refractivity contribution in [3.63, 3.8) is 0 Å². The Hall–Kier alpha value is -1.69. The molecular formula is C13H16N4OS. The molecule has 1 aliphatic rings.